The summed E-state index contributed by atoms with van der Waals surface area (Å²) in [6.45, 7) is 2.00. The molecule has 0 unspecified atom stereocenters. The Hall–Kier alpha value is -2.08. The fourth-order valence-electron chi connectivity index (χ4n) is 2.00. The van der Waals surface area contributed by atoms with Crippen molar-refractivity contribution in [1.82, 2.24) is 20.6 Å². The van der Waals surface area contributed by atoms with Gasteiger partial charge >= 0.3 is 5.69 Å². The van der Waals surface area contributed by atoms with E-state index in [0.717, 1.165) is 29.7 Å². The number of imidazole rings is 1. The average Bonchev–Trinajstić information content (AvgIpc) is 2.63. The lowest BCUT2D eigenvalue weighted by Gasteiger charge is -2.25. The lowest BCUT2D eigenvalue weighted by atomic mass is 10.0. The van der Waals surface area contributed by atoms with Gasteiger partial charge in [0.1, 0.15) is 0 Å². The van der Waals surface area contributed by atoms with E-state index < -0.39 is 0 Å². The molecule has 0 aliphatic carbocycles. The first-order valence-corrected chi connectivity index (χ1v) is 5.92. The molecule has 94 valence electrons. The minimum atomic E-state index is -0.216. The predicted molar refractivity (Wildman–Crippen MR) is 67.1 cm³/mol. The van der Waals surface area contributed by atoms with Crippen LogP contribution in [0, 0.1) is 5.92 Å². The van der Waals surface area contributed by atoms with Gasteiger partial charge in [-0.25, -0.2) is 4.79 Å². The lowest BCUT2D eigenvalue weighted by Crippen LogP contribution is -2.50. The van der Waals surface area contributed by atoms with Crippen LogP contribution in [-0.2, 0) is 11.3 Å². The number of rotatable bonds is 3. The highest BCUT2D eigenvalue weighted by atomic mass is 16.2. The zero-order chi connectivity index (χ0) is 12.5. The SMILES string of the molecule is O=C(NCc1ccc2[nH]c(=O)[nH]c2c1)C1CNC1. The molecule has 1 aromatic carbocycles. The Morgan fingerprint density at radius 2 is 2.06 bits per heavy atom. The molecule has 4 N–H and O–H groups in total. The van der Waals surface area contributed by atoms with E-state index >= 15 is 0 Å². The molecule has 0 bridgehead atoms. The van der Waals surface area contributed by atoms with Crippen molar-refractivity contribution in [3.8, 4) is 0 Å². The van der Waals surface area contributed by atoms with Crippen LogP contribution in [0.3, 0.4) is 0 Å². The molecule has 6 nitrogen and oxygen atoms in total. The molecule has 1 aromatic heterocycles. The first-order valence-electron chi connectivity index (χ1n) is 5.92. The minimum absolute atomic E-state index is 0.0800. The van der Waals surface area contributed by atoms with E-state index in [1.54, 1.807) is 0 Å². The maximum Gasteiger partial charge on any atom is 0.323 e. The fourth-order valence-corrected chi connectivity index (χ4v) is 2.00. The van der Waals surface area contributed by atoms with Crippen LogP contribution in [-0.4, -0.2) is 29.0 Å². The van der Waals surface area contributed by atoms with Gasteiger partial charge in [-0.2, -0.15) is 0 Å². The number of hydrogen-bond acceptors (Lipinski definition) is 3. The number of aromatic amines is 2. The van der Waals surface area contributed by atoms with Gasteiger partial charge in [0.25, 0.3) is 0 Å². The normalized spacial score (nSPS) is 15.6. The quantitative estimate of drug-likeness (QED) is 0.599. The number of nitrogens with one attached hydrogen (secondary N) is 4. The fraction of sp³-hybridized carbons (Fsp3) is 0.333. The van der Waals surface area contributed by atoms with E-state index in [9.17, 15) is 9.59 Å². The highest BCUT2D eigenvalue weighted by molar-refractivity contribution is 5.80. The second-order valence-electron chi connectivity index (χ2n) is 4.53. The Bertz CT molecular complexity index is 639. The molecule has 0 radical (unpaired) electrons. The van der Waals surface area contributed by atoms with Crippen LogP contribution >= 0.6 is 0 Å². The van der Waals surface area contributed by atoms with Gasteiger partial charge in [-0.15, -0.1) is 0 Å². The second-order valence-corrected chi connectivity index (χ2v) is 4.53. The smallest absolute Gasteiger partial charge is 0.323 e. The number of benzene rings is 1. The Morgan fingerprint density at radius 1 is 1.28 bits per heavy atom. The molecule has 3 rings (SSSR count). The summed E-state index contributed by atoms with van der Waals surface area (Å²) in [5.74, 6) is 0.178. The molecule has 2 heterocycles. The number of H-pyrrole nitrogens is 2. The summed E-state index contributed by atoms with van der Waals surface area (Å²) >= 11 is 0. The molecule has 0 saturated carbocycles. The Kier molecular flexibility index (Phi) is 2.64. The molecule has 0 atom stereocenters. The lowest BCUT2D eigenvalue weighted by molar-refractivity contribution is -0.126. The summed E-state index contributed by atoms with van der Waals surface area (Å²) in [6.07, 6.45) is 0. The first kappa shape index (κ1) is 11.0. The van der Waals surface area contributed by atoms with Crippen molar-refractivity contribution in [3.63, 3.8) is 0 Å². The van der Waals surface area contributed by atoms with E-state index in [-0.39, 0.29) is 17.5 Å². The number of carbonyl (C=O) groups excluding carboxylic acids is 1. The summed E-state index contributed by atoms with van der Waals surface area (Å²) in [5, 5.41) is 5.95. The third-order valence-electron chi connectivity index (χ3n) is 3.20. The molecular weight excluding hydrogens is 232 g/mol. The molecule has 1 fully saturated rings. The largest absolute Gasteiger partial charge is 0.352 e. The number of carbonyl (C=O) groups is 1. The van der Waals surface area contributed by atoms with E-state index in [0.29, 0.717) is 6.54 Å². The molecule has 2 aromatic rings. The van der Waals surface area contributed by atoms with E-state index in [1.807, 2.05) is 18.2 Å². The predicted octanol–water partition coefficient (Wildman–Crippen LogP) is -0.308. The highest BCUT2D eigenvalue weighted by Gasteiger charge is 2.24. The van der Waals surface area contributed by atoms with Crippen LogP contribution in [0.25, 0.3) is 11.0 Å². The average molecular weight is 246 g/mol. The zero-order valence-corrected chi connectivity index (χ0v) is 9.75. The van der Waals surface area contributed by atoms with E-state index in [4.69, 9.17) is 0 Å². The monoisotopic (exact) mass is 246 g/mol. The van der Waals surface area contributed by atoms with Gasteiger partial charge < -0.3 is 20.6 Å². The van der Waals surface area contributed by atoms with E-state index in [1.165, 1.54) is 0 Å². The number of hydrogen-bond donors (Lipinski definition) is 4. The molecule has 1 aliphatic rings. The highest BCUT2D eigenvalue weighted by Crippen LogP contribution is 2.10. The Morgan fingerprint density at radius 3 is 2.78 bits per heavy atom. The Labute approximate surface area is 103 Å². The van der Waals surface area contributed by atoms with Crippen molar-refractivity contribution in [3.05, 3.63) is 34.2 Å². The molecular formula is C12H14N4O2. The molecule has 1 saturated heterocycles. The summed E-state index contributed by atoms with van der Waals surface area (Å²) in [7, 11) is 0. The maximum atomic E-state index is 11.7. The van der Waals surface area contributed by atoms with Crippen LogP contribution in [0.15, 0.2) is 23.0 Å². The molecule has 1 amide bonds. The second kappa shape index (κ2) is 4.30. The van der Waals surface area contributed by atoms with Gasteiger partial charge in [-0.3, -0.25) is 4.79 Å². The summed E-state index contributed by atoms with van der Waals surface area (Å²) < 4.78 is 0. The standard InChI is InChI=1S/C12H14N4O2/c17-11(8-5-13-6-8)14-4-7-1-2-9-10(3-7)16-12(18)15-9/h1-3,8,13H,4-6H2,(H,14,17)(H2,15,16,18). The third kappa shape index (κ3) is 2.02. The van der Waals surface area contributed by atoms with Crippen LogP contribution in [0.5, 0.6) is 0 Å². The van der Waals surface area contributed by atoms with Crippen LogP contribution < -0.4 is 16.3 Å². The van der Waals surface area contributed by atoms with Gasteiger partial charge in [-0.05, 0) is 17.7 Å². The van der Waals surface area contributed by atoms with Crippen LogP contribution in [0.4, 0.5) is 0 Å². The van der Waals surface area contributed by atoms with Gasteiger partial charge in [0.15, 0.2) is 0 Å². The molecule has 0 spiro atoms. The summed E-state index contributed by atoms with van der Waals surface area (Å²) in [6, 6.07) is 5.59. The van der Waals surface area contributed by atoms with Gasteiger partial charge in [0.2, 0.25) is 5.91 Å². The first-order chi connectivity index (χ1) is 8.72. The van der Waals surface area contributed by atoms with E-state index in [2.05, 4.69) is 20.6 Å². The number of aromatic nitrogens is 2. The van der Waals surface area contributed by atoms with Crippen molar-refractivity contribution in [2.45, 2.75) is 6.54 Å². The van der Waals surface area contributed by atoms with Crippen molar-refractivity contribution < 1.29 is 4.79 Å². The summed E-state index contributed by atoms with van der Waals surface area (Å²) in [4.78, 5) is 28.1. The van der Waals surface area contributed by atoms with Crippen molar-refractivity contribution >= 4 is 16.9 Å². The van der Waals surface area contributed by atoms with Crippen LogP contribution in [0.2, 0.25) is 0 Å². The molecule has 6 heteroatoms. The van der Waals surface area contributed by atoms with Gasteiger partial charge in [0, 0.05) is 19.6 Å². The van der Waals surface area contributed by atoms with Crippen molar-refractivity contribution in [2.75, 3.05) is 13.1 Å². The molecule has 1 aliphatic heterocycles. The minimum Gasteiger partial charge on any atom is -0.352 e. The number of amides is 1. The third-order valence-corrected chi connectivity index (χ3v) is 3.20. The Balaban J connectivity index is 1.70. The molecule has 18 heavy (non-hydrogen) atoms. The van der Waals surface area contributed by atoms with Crippen LogP contribution in [0.1, 0.15) is 5.56 Å². The zero-order valence-electron chi connectivity index (χ0n) is 9.75. The van der Waals surface area contributed by atoms with Gasteiger partial charge in [0.05, 0.1) is 17.0 Å². The number of fused-ring (bicyclic) bond motifs is 1. The topological polar surface area (TPSA) is 89.8 Å². The maximum absolute atomic E-state index is 11.7. The van der Waals surface area contributed by atoms with Crippen molar-refractivity contribution in [1.29, 1.82) is 0 Å². The van der Waals surface area contributed by atoms with Gasteiger partial charge in [-0.1, -0.05) is 6.07 Å². The summed E-state index contributed by atoms with van der Waals surface area (Å²) in [5.41, 5.74) is 2.29. The van der Waals surface area contributed by atoms with Crippen molar-refractivity contribution in [2.24, 2.45) is 5.92 Å².